The highest BCUT2D eigenvalue weighted by atomic mass is 35.5. The fraction of sp³-hybridized carbons (Fsp3) is 0.533. The van der Waals surface area contributed by atoms with E-state index < -0.39 is 32.6 Å². The Balaban J connectivity index is 1.93. The molecular formula is C15H20ClFN2O3S. The van der Waals surface area contributed by atoms with Crippen LogP contribution in [0.1, 0.15) is 20.3 Å². The Hall–Kier alpha value is -1.34. The summed E-state index contributed by atoms with van der Waals surface area (Å²) in [6, 6.07) is 4.35. The van der Waals surface area contributed by atoms with Crippen LogP contribution in [0.25, 0.3) is 0 Å². The van der Waals surface area contributed by atoms with E-state index >= 15 is 0 Å². The minimum atomic E-state index is -3.40. The Bertz CT molecular complexity index is 694. The molecule has 8 heteroatoms. The molecule has 0 aliphatic carbocycles. The minimum Gasteiger partial charge on any atom is -0.369 e. The second kappa shape index (κ2) is 7.05. The monoisotopic (exact) mass is 362 g/mol. The van der Waals surface area contributed by atoms with Crippen molar-refractivity contribution in [2.45, 2.75) is 31.6 Å². The van der Waals surface area contributed by atoms with Crippen molar-refractivity contribution in [3.8, 4) is 0 Å². The van der Waals surface area contributed by atoms with E-state index in [1.54, 1.807) is 26.0 Å². The lowest BCUT2D eigenvalue weighted by molar-refractivity contribution is -0.119. The van der Waals surface area contributed by atoms with Crippen molar-refractivity contribution in [2.24, 2.45) is 0 Å². The zero-order valence-electron chi connectivity index (χ0n) is 13.1. The Labute approximate surface area is 140 Å². The van der Waals surface area contributed by atoms with Gasteiger partial charge in [-0.3, -0.25) is 4.79 Å². The van der Waals surface area contributed by atoms with Crippen LogP contribution >= 0.6 is 11.6 Å². The van der Waals surface area contributed by atoms with Gasteiger partial charge in [0, 0.05) is 24.8 Å². The van der Waals surface area contributed by atoms with E-state index in [1.807, 2.05) is 4.90 Å². The van der Waals surface area contributed by atoms with Gasteiger partial charge < -0.3 is 10.2 Å². The lowest BCUT2D eigenvalue weighted by atomic mass is 10.2. The van der Waals surface area contributed by atoms with E-state index in [2.05, 4.69) is 5.32 Å². The van der Waals surface area contributed by atoms with Gasteiger partial charge in [0.05, 0.1) is 10.3 Å². The SMILES string of the molecule is CC(C)S(=O)(=O)CC(=O)NC1CCN(c2ccc(F)c(Cl)c2)C1. The highest BCUT2D eigenvalue weighted by Crippen LogP contribution is 2.25. The zero-order valence-corrected chi connectivity index (χ0v) is 14.6. The molecular weight excluding hydrogens is 343 g/mol. The normalized spacial score (nSPS) is 18.5. The molecule has 2 rings (SSSR count). The molecule has 0 spiro atoms. The predicted octanol–water partition coefficient (Wildman–Crippen LogP) is 2.00. The molecule has 0 saturated carbocycles. The maximum atomic E-state index is 13.2. The summed E-state index contributed by atoms with van der Waals surface area (Å²) in [5.74, 6) is -1.45. The van der Waals surface area contributed by atoms with Gasteiger partial charge in [0.1, 0.15) is 11.6 Å². The molecule has 1 fully saturated rings. The summed E-state index contributed by atoms with van der Waals surface area (Å²) in [6.07, 6.45) is 0.697. The van der Waals surface area contributed by atoms with Gasteiger partial charge in [-0.2, -0.15) is 0 Å². The van der Waals surface area contributed by atoms with Crippen molar-refractivity contribution >= 4 is 33.0 Å². The molecule has 5 nitrogen and oxygen atoms in total. The van der Waals surface area contributed by atoms with E-state index in [1.165, 1.54) is 6.07 Å². The van der Waals surface area contributed by atoms with Crippen LogP contribution in [-0.4, -0.2) is 44.5 Å². The lowest BCUT2D eigenvalue weighted by Crippen LogP contribution is -2.41. The maximum Gasteiger partial charge on any atom is 0.235 e. The number of hydrogen-bond acceptors (Lipinski definition) is 4. The number of amides is 1. The number of benzene rings is 1. The molecule has 128 valence electrons. The van der Waals surface area contributed by atoms with Crippen LogP contribution in [0.5, 0.6) is 0 Å². The first-order valence-corrected chi connectivity index (χ1v) is 9.49. The first kappa shape index (κ1) is 18.0. The quantitative estimate of drug-likeness (QED) is 0.870. The Morgan fingerprint density at radius 1 is 1.48 bits per heavy atom. The summed E-state index contributed by atoms with van der Waals surface area (Å²) in [5, 5.41) is 2.23. The topological polar surface area (TPSA) is 66.5 Å². The van der Waals surface area contributed by atoms with Gasteiger partial charge >= 0.3 is 0 Å². The van der Waals surface area contributed by atoms with Gasteiger partial charge in [0.2, 0.25) is 5.91 Å². The summed E-state index contributed by atoms with van der Waals surface area (Å²) in [7, 11) is -3.40. The number of nitrogens with one attached hydrogen (secondary N) is 1. The smallest absolute Gasteiger partial charge is 0.235 e. The first-order chi connectivity index (χ1) is 10.7. The fourth-order valence-electron chi connectivity index (χ4n) is 2.41. The number of anilines is 1. The molecule has 1 amide bonds. The Morgan fingerprint density at radius 3 is 2.78 bits per heavy atom. The largest absolute Gasteiger partial charge is 0.369 e. The van der Waals surface area contributed by atoms with Crippen molar-refractivity contribution < 1.29 is 17.6 Å². The van der Waals surface area contributed by atoms with E-state index in [4.69, 9.17) is 11.6 Å². The molecule has 1 aromatic rings. The second-order valence-corrected chi connectivity index (χ2v) is 8.92. The van der Waals surface area contributed by atoms with Crippen LogP contribution in [0.15, 0.2) is 18.2 Å². The molecule has 0 radical (unpaired) electrons. The molecule has 1 aromatic carbocycles. The number of carbonyl (C=O) groups excluding carboxylic acids is 1. The third-order valence-corrected chi connectivity index (χ3v) is 6.26. The summed E-state index contributed by atoms with van der Waals surface area (Å²) < 4.78 is 36.7. The maximum absolute atomic E-state index is 13.2. The van der Waals surface area contributed by atoms with Crippen LogP contribution in [0, 0.1) is 5.82 Å². The Kier molecular flexibility index (Phi) is 5.52. The van der Waals surface area contributed by atoms with Crippen molar-refractivity contribution in [3.05, 3.63) is 29.0 Å². The van der Waals surface area contributed by atoms with Crippen LogP contribution in [0.4, 0.5) is 10.1 Å². The zero-order chi connectivity index (χ0) is 17.2. The van der Waals surface area contributed by atoms with Crippen molar-refractivity contribution in [1.82, 2.24) is 5.32 Å². The number of hydrogen-bond donors (Lipinski definition) is 1. The average Bonchev–Trinajstić information content (AvgIpc) is 2.89. The predicted molar refractivity (Wildman–Crippen MR) is 89.1 cm³/mol. The van der Waals surface area contributed by atoms with Gasteiger partial charge in [-0.1, -0.05) is 11.6 Å². The van der Waals surface area contributed by atoms with Gasteiger partial charge in [0.25, 0.3) is 0 Å². The van der Waals surface area contributed by atoms with Crippen LogP contribution < -0.4 is 10.2 Å². The highest BCUT2D eigenvalue weighted by Gasteiger charge is 2.27. The molecule has 1 N–H and O–H groups in total. The van der Waals surface area contributed by atoms with Gasteiger partial charge in [0.15, 0.2) is 9.84 Å². The van der Waals surface area contributed by atoms with Crippen molar-refractivity contribution in [2.75, 3.05) is 23.7 Å². The second-order valence-electron chi connectivity index (χ2n) is 5.95. The average molecular weight is 363 g/mol. The number of carbonyl (C=O) groups is 1. The molecule has 1 aliphatic heterocycles. The van der Waals surface area contributed by atoms with E-state index in [0.717, 1.165) is 5.69 Å². The molecule has 1 aliphatic rings. The Morgan fingerprint density at radius 2 is 2.17 bits per heavy atom. The molecule has 0 bridgehead atoms. The molecule has 1 atom stereocenters. The molecule has 1 saturated heterocycles. The summed E-state index contributed by atoms with van der Waals surface area (Å²) >= 11 is 5.78. The summed E-state index contributed by atoms with van der Waals surface area (Å²) in [4.78, 5) is 13.9. The third-order valence-electron chi connectivity index (χ3n) is 3.87. The van der Waals surface area contributed by atoms with Crippen LogP contribution in [0.3, 0.4) is 0 Å². The lowest BCUT2D eigenvalue weighted by Gasteiger charge is -2.19. The van der Waals surface area contributed by atoms with E-state index in [-0.39, 0.29) is 11.1 Å². The number of nitrogens with zero attached hydrogens (tertiary/aromatic N) is 1. The molecule has 1 unspecified atom stereocenters. The van der Waals surface area contributed by atoms with E-state index in [9.17, 15) is 17.6 Å². The number of halogens is 2. The minimum absolute atomic E-state index is 0.0537. The highest BCUT2D eigenvalue weighted by molar-refractivity contribution is 7.92. The molecule has 23 heavy (non-hydrogen) atoms. The van der Waals surface area contributed by atoms with E-state index in [0.29, 0.717) is 19.5 Å². The molecule has 0 aromatic heterocycles. The fourth-order valence-corrected chi connectivity index (χ4v) is 3.37. The standard InChI is InChI=1S/C15H20ClFN2O3S/c1-10(2)23(21,22)9-15(20)18-11-5-6-19(8-11)12-3-4-14(17)13(16)7-12/h3-4,7,10-11H,5-6,8-9H2,1-2H3,(H,18,20). The van der Waals surface area contributed by atoms with Crippen LogP contribution in [-0.2, 0) is 14.6 Å². The third kappa shape index (κ3) is 4.57. The number of rotatable bonds is 5. The van der Waals surface area contributed by atoms with Gasteiger partial charge in [-0.15, -0.1) is 0 Å². The van der Waals surface area contributed by atoms with Gasteiger partial charge in [-0.25, -0.2) is 12.8 Å². The molecule has 1 heterocycles. The summed E-state index contributed by atoms with van der Waals surface area (Å²) in [5.41, 5.74) is 0.781. The van der Waals surface area contributed by atoms with Crippen LogP contribution in [0.2, 0.25) is 5.02 Å². The van der Waals surface area contributed by atoms with Crippen molar-refractivity contribution in [3.63, 3.8) is 0 Å². The van der Waals surface area contributed by atoms with Gasteiger partial charge in [-0.05, 0) is 38.5 Å². The van der Waals surface area contributed by atoms with Crippen molar-refractivity contribution in [1.29, 1.82) is 0 Å². The first-order valence-electron chi connectivity index (χ1n) is 7.40. The number of sulfone groups is 1. The summed E-state index contributed by atoms with van der Waals surface area (Å²) in [6.45, 7) is 4.33.